The van der Waals surface area contributed by atoms with Gasteiger partial charge in [0.1, 0.15) is 0 Å². The maximum absolute atomic E-state index is 12.6. The zero-order valence-electron chi connectivity index (χ0n) is 14.5. The first kappa shape index (κ1) is 18.0. The summed E-state index contributed by atoms with van der Waals surface area (Å²) in [7, 11) is 0. The molecule has 0 unspecified atom stereocenters. The van der Waals surface area contributed by atoms with Gasteiger partial charge in [-0.3, -0.25) is 9.59 Å². The molecule has 5 heteroatoms. The van der Waals surface area contributed by atoms with Gasteiger partial charge in [0, 0.05) is 36.0 Å². The van der Waals surface area contributed by atoms with E-state index < -0.39 is 0 Å². The van der Waals surface area contributed by atoms with Crippen molar-refractivity contribution in [3.8, 4) is 0 Å². The summed E-state index contributed by atoms with van der Waals surface area (Å²) in [5, 5.41) is 3.91. The number of carbonyl (C=O) groups excluding carboxylic acids is 2. The summed E-state index contributed by atoms with van der Waals surface area (Å²) in [5.41, 5.74) is 1.31. The Labute approximate surface area is 154 Å². The Hall–Kier alpha value is -1.81. The molecular formula is C20H25ClN2O2. The van der Waals surface area contributed by atoms with Gasteiger partial charge in [0.05, 0.1) is 0 Å². The van der Waals surface area contributed by atoms with E-state index in [-0.39, 0.29) is 23.1 Å². The molecule has 0 bridgehead atoms. The summed E-state index contributed by atoms with van der Waals surface area (Å²) in [6.45, 7) is 5.46. The molecule has 0 atom stereocenters. The average molecular weight is 361 g/mol. The second kappa shape index (κ2) is 7.61. The molecule has 2 fully saturated rings. The Kier molecular flexibility index (Phi) is 5.48. The van der Waals surface area contributed by atoms with E-state index in [1.807, 2.05) is 12.1 Å². The Morgan fingerprint density at radius 2 is 1.88 bits per heavy atom. The van der Waals surface area contributed by atoms with E-state index >= 15 is 0 Å². The van der Waals surface area contributed by atoms with Crippen molar-refractivity contribution >= 4 is 23.4 Å². The van der Waals surface area contributed by atoms with Crippen molar-refractivity contribution in [3.05, 3.63) is 47.5 Å². The van der Waals surface area contributed by atoms with E-state index in [1.165, 1.54) is 18.1 Å². The predicted molar refractivity (Wildman–Crippen MR) is 99.5 cm³/mol. The number of likely N-dealkylation sites (tertiary alicyclic amines) is 1. The number of hydrogen-bond donors (Lipinski definition) is 1. The molecular weight excluding hydrogens is 336 g/mol. The molecule has 4 nitrogen and oxygen atoms in total. The lowest BCUT2D eigenvalue weighted by molar-refractivity contribution is -0.132. The zero-order valence-corrected chi connectivity index (χ0v) is 15.2. The quantitative estimate of drug-likeness (QED) is 0.819. The summed E-state index contributed by atoms with van der Waals surface area (Å²) in [6.07, 6.45) is 6.18. The molecule has 1 aliphatic carbocycles. The normalized spacial score (nSPS) is 19.8. The SMILES string of the molecule is C=CC(=O)N1CCC(C(=O)NCC2(c3ccc(Cl)cc3)CCC2)CC1. The lowest BCUT2D eigenvalue weighted by Crippen LogP contribution is -2.48. The van der Waals surface area contributed by atoms with E-state index in [9.17, 15) is 9.59 Å². The molecule has 1 aromatic rings. The van der Waals surface area contributed by atoms with Crippen LogP contribution in [0.2, 0.25) is 5.02 Å². The van der Waals surface area contributed by atoms with Crippen LogP contribution >= 0.6 is 11.6 Å². The topological polar surface area (TPSA) is 49.4 Å². The van der Waals surface area contributed by atoms with Crippen molar-refractivity contribution in [3.63, 3.8) is 0 Å². The standard InChI is InChI=1S/C20H25ClN2O2/c1-2-18(24)23-12-8-15(9-13-23)19(25)22-14-20(10-3-11-20)16-4-6-17(21)7-5-16/h2,4-7,15H,1,3,8-14H2,(H,22,25). The average Bonchev–Trinajstić information content (AvgIpc) is 2.61. The number of nitrogens with zero attached hydrogens (tertiary/aromatic N) is 1. The van der Waals surface area contributed by atoms with Gasteiger partial charge < -0.3 is 10.2 Å². The number of rotatable bonds is 5. The van der Waals surface area contributed by atoms with Crippen molar-refractivity contribution in [1.82, 2.24) is 10.2 Å². The van der Waals surface area contributed by atoms with Gasteiger partial charge in [0.25, 0.3) is 0 Å². The van der Waals surface area contributed by atoms with Crippen LogP contribution < -0.4 is 5.32 Å². The smallest absolute Gasteiger partial charge is 0.245 e. The summed E-state index contributed by atoms with van der Waals surface area (Å²) in [5.74, 6) is 0.0668. The van der Waals surface area contributed by atoms with E-state index in [0.717, 1.165) is 30.7 Å². The highest BCUT2D eigenvalue weighted by molar-refractivity contribution is 6.30. The van der Waals surface area contributed by atoms with Gasteiger partial charge in [-0.05, 0) is 49.5 Å². The minimum atomic E-state index is -0.0463. The van der Waals surface area contributed by atoms with E-state index in [0.29, 0.717) is 19.6 Å². The van der Waals surface area contributed by atoms with Crippen LogP contribution in [0.4, 0.5) is 0 Å². The highest BCUT2D eigenvalue weighted by Gasteiger charge is 2.39. The first-order valence-electron chi connectivity index (χ1n) is 8.99. The monoisotopic (exact) mass is 360 g/mol. The lowest BCUT2D eigenvalue weighted by atomic mass is 9.64. The van der Waals surface area contributed by atoms with E-state index in [1.54, 1.807) is 4.90 Å². The van der Waals surface area contributed by atoms with Crippen molar-refractivity contribution in [2.24, 2.45) is 5.92 Å². The van der Waals surface area contributed by atoms with Gasteiger partial charge in [0.15, 0.2) is 0 Å². The van der Waals surface area contributed by atoms with Crippen LogP contribution in [-0.4, -0.2) is 36.3 Å². The summed E-state index contributed by atoms with van der Waals surface area (Å²) in [6, 6.07) is 8.00. The van der Waals surface area contributed by atoms with Crippen LogP contribution in [0.1, 0.15) is 37.7 Å². The molecule has 3 rings (SSSR count). The van der Waals surface area contributed by atoms with Crippen LogP contribution in [0.3, 0.4) is 0 Å². The minimum absolute atomic E-state index is 0.00351. The third-order valence-corrected chi connectivity index (χ3v) is 5.97. The van der Waals surface area contributed by atoms with Crippen LogP contribution in [0.5, 0.6) is 0 Å². The molecule has 1 aromatic carbocycles. The molecule has 1 heterocycles. The van der Waals surface area contributed by atoms with E-state index in [2.05, 4.69) is 24.0 Å². The molecule has 2 amide bonds. The fraction of sp³-hybridized carbons (Fsp3) is 0.500. The Morgan fingerprint density at radius 3 is 2.40 bits per heavy atom. The molecule has 134 valence electrons. The van der Waals surface area contributed by atoms with Crippen LogP contribution in [0, 0.1) is 5.92 Å². The molecule has 2 aliphatic rings. The highest BCUT2D eigenvalue weighted by atomic mass is 35.5. The Bertz CT molecular complexity index is 644. The summed E-state index contributed by atoms with van der Waals surface area (Å²) in [4.78, 5) is 25.9. The van der Waals surface area contributed by atoms with Crippen LogP contribution in [0.15, 0.2) is 36.9 Å². The van der Waals surface area contributed by atoms with Gasteiger partial charge in [0.2, 0.25) is 11.8 Å². The molecule has 1 saturated carbocycles. The first-order valence-corrected chi connectivity index (χ1v) is 9.37. The second-order valence-corrected chi connectivity index (χ2v) is 7.60. The number of amides is 2. The molecule has 0 radical (unpaired) electrons. The first-order chi connectivity index (χ1) is 12.0. The lowest BCUT2D eigenvalue weighted by Gasteiger charge is -2.43. The molecule has 1 N–H and O–H groups in total. The molecule has 1 aliphatic heterocycles. The minimum Gasteiger partial charge on any atom is -0.355 e. The largest absolute Gasteiger partial charge is 0.355 e. The number of piperidine rings is 1. The zero-order chi connectivity index (χ0) is 17.9. The molecule has 25 heavy (non-hydrogen) atoms. The van der Waals surface area contributed by atoms with Crippen LogP contribution in [0.25, 0.3) is 0 Å². The maximum Gasteiger partial charge on any atom is 0.245 e. The Balaban J connectivity index is 1.54. The number of hydrogen-bond acceptors (Lipinski definition) is 2. The number of benzene rings is 1. The number of carbonyl (C=O) groups is 2. The van der Waals surface area contributed by atoms with Crippen LogP contribution in [-0.2, 0) is 15.0 Å². The van der Waals surface area contributed by atoms with E-state index in [4.69, 9.17) is 11.6 Å². The van der Waals surface area contributed by atoms with Gasteiger partial charge in [-0.1, -0.05) is 36.7 Å². The number of halogens is 1. The number of nitrogens with one attached hydrogen (secondary N) is 1. The molecule has 0 aromatic heterocycles. The summed E-state index contributed by atoms with van der Waals surface area (Å²) < 4.78 is 0. The predicted octanol–water partition coefficient (Wildman–Crippen LogP) is 3.30. The van der Waals surface area contributed by atoms with Gasteiger partial charge in [-0.2, -0.15) is 0 Å². The van der Waals surface area contributed by atoms with Crippen molar-refractivity contribution < 1.29 is 9.59 Å². The molecule has 0 spiro atoms. The van der Waals surface area contributed by atoms with Gasteiger partial charge in [-0.25, -0.2) is 0 Å². The third kappa shape index (κ3) is 3.90. The van der Waals surface area contributed by atoms with Gasteiger partial charge in [-0.15, -0.1) is 0 Å². The second-order valence-electron chi connectivity index (χ2n) is 7.16. The van der Waals surface area contributed by atoms with Crippen molar-refractivity contribution in [1.29, 1.82) is 0 Å². The summed E-state index contributed by atoms with van der Waals surface area (Å²) >= 11 is 5.99. The highest BCUT2D eigenvalue weighted by Crippen LogP contribution is 2.43. The van der Waals surface area contributed by atoms with Crippen molar-refractivity contribution in [2.45, 2.75) is 37.5 Å². The van der Waals surface area contributed by atoms with Gasteiger partial charge >= 0.3 is 0 Å². The maximum atomic E-state index is 12.6. The fourth-order valence-electron chi connectivity index (χ4n) is 3.87. The van der Waals surface area contributed by atoms with Crippen molar-refractivity contribution in [2.75, 3.05) is 19.6 Å². The fourth-order valence-corrected chi connectivity index (χ4v) is 3.99. The Morgan fingerprint density at radius 1 is 1.24 bits per heavy atom. The third-order valence-electron chi connectivity index (χ3n) is 5.72. The molecule has 1 saturated heterocycles.